The second-order valence-corrected chi connectivity index (χ2v) is 4.35. The van der Waals surface area contributed by atoms with Crippen LogP contribution >= 0.6 is 0 Å². The van der Waals surface area contributed by atoms with Gasteiger partial charge in [0.15, 0.2) is 0 Å². The number of aromatic hydroxyl groups is 1. The number of phenolic OH excluding ortho intramolecular Hbond substituents is 1. The molecule has 1 aliphatic carbocycles. The van der Waals surface area contributed by atoms with Crippen molar-refractivity contribution in [1.82, 2.24) is 5.32 Å². The zero-order valence-electron chi connectivity index (χ0n) is 9.08. The van der Waals surface area contributed by atoms with Gasteiger partial charge in [0.1, 0.15) is 5.75 Å². The smallest absolute Gasteiger partial charge is 0.115 e. The maximum Gasteiger partial charge on any atom is 0.115 e. The van der Waals surface area contributed by atoms with Crippen LogP contribution in [0.4, 0.5) is 0 Å². The molecule has 1 aromatic carbocycles. The summed E-state index contributed by atoms with van der Waals surface area (Å²) >= 11 is 0. The van der Waals surface area contributed by atoms with Crippen LogP contribution < -0.4 is 5.32 Å². The predicted molar refractivity (Wildman–Crippen MR) is 62.1 cm³/mol. The van der Waals surface area contributed by atoms with Crippen molar-refractivity contribution in [2.75, 3.05) is 6.54 Å². The van der Waals surface area contributed by atoms with Crippen molar-refractivity contribution in [1.29, 1.82) is 0 Å². The number of hydrogen-bond acceptors (Lipinski definition) is 2. The summed E-state index contributed by atoms with van der Waals surface area (Å²) in [6.45, 7) is 1.05. The van der Waals surface area contributed by atoms with Gasteiger partial charge in [-0.05, 0) is 43.5 Å². The average Bonchev–Trinajstić information content (AvgIpc) is 2.74. The first-order chi connectivity index (χ1) is 7.34. The van der Waals surface area contributed by atoms with E-state index in [9.17, 15) is 0 Å². The van der Waals surface area contributed by atoms with E-state index >= 15 is 0 Å². The van der Waals surface area contributed by atoms with Gasteiger partial charge >= 0.3 is 0 Å². The van der Waals surface area contributed by atoms with Crippen molar-refractivity contribution in [3.05, 3.63) is 29.8 Å². The number of benzene rings is 1. The Balaban J connectivity index is 1.71. The molecule has 0 unspecified atom stereocenters. The Morgan fingerprint density at radius 3 is 2.47 bits per heavy atom. The molecule has 2 N–H and O–H groups in total. The van der Waals surface area contributed by atoms with E-state index in [0.29, 0.717) is 5.75 Å². The van der Waals surface area contributed by atoms with Gasteiger partial charge in [0.05, 0.1) is 0 Å². The maximum absolute atomic E-state index is 9.14. The second-order valence-electron chi connectivity index (χ2n) is 4.35. The van der Waals surface area contributed by atoms with E-state index in [-0.39, 0.29) is 0 Å². The van der Waals surface area contributed by atoms with Crippen LogP contribution in [-0.2, 0) is 6.42 Å². The molecule has 2 rings (SSSR count). The topological polar surface area (TPSA) is 32.3 Å². The molecular formula is C13H19NO. The normalized spacial score (nSPS) is 17.1. The van der Waals surface area contributed by atoms with E-state index in [2.05, 4.69) is 5.32 Å². The molecule has 1 fully saturated rings. The fourth-order valence-electron chi connectivity index (χ4n) is 2.21. The molecule has 0 aromatic heterocycles. The molecule has 2 heteroatoms. The molecule has 0 spiro atoms. The number of nitrogens with one attached hydrogen (secondary N) is 1. The zero-order valence-corrected chi connectivity index (χ0v) is 9.08. The van der Waals surface area contributed by atoms with Crippen LogP contribution in [0.25, 0.3) is 0 Å². The SMILES string of the molecule is Oc1ccc(CCNC2CCCC2)cc1. The van der Waals surface area contributed by atoms with Crippen LogP contribution in [0.15, 0.2) is 24.3 Å². The van der Waals surface area contributed by atoms with Crippen molar-refractivity contribution in [3.63, 3.8) is 0 Å². The number of hydrogen-bond donors (Lipinski definition) is 2. The van der Waals surface area contributed by atoms with Crippen LogP contribution in [0, 0.1) is 0 Å². The van der Waals surface area contributed by atoms with Crippen LogP contribution in [-0.4, -0.2) is 17.7 Å². The Bertz CT molecular complexity index is 288. The van der Waals surface area contributed by atoms with Gasteiger partial charge in [0.2, 0.25) is 0 Å². The fourth-order valence-corrected chi connectivity index (χ4v) is 2.21. The minimum absolute atomic E-state index is 0.350. The lowest BCUT2D eigenvalue weighted by Gasteiger charge is -2.11. The Hall–Kier alpha value is -1.02. The molecule has 0 amide bonds. The predicted octanol–water partition coefficient (Wildman–Crippen LogP) is 2.47. The molecule has 15 heavy (non-hydrogen) atoms. The van der Waals surface area contributed by atoms with Gasteiger partial charge in [-0.25, -0.2) is 0 Å². The molecule has 1 aromatic rings. The summed E-state index contributed by atoms with van der Waals surface area (Å²) in [6.07, 6.45) is 6.51. The third-order valence-corrected chi connectivity index (χ3v) is 3.14. The number of rotatable bonds is 4. The van der Waals surface area contributed by atoms with Crippen LogP contribution in [0.5, 0.6) is 5.75 Å². The minimum Gasteiger partial charge on any atom is -0.508 e. The van der Waals surface area contributed by atoms with Crippen molar-refractivity contribution in [2.24, 2.45) is 0 Å². The highest BCUT2D eigenvalue weighted by atomic mass is 16.3. The van der Waals surface area contributed by atoms with Gasteiger partial charge in [-0.2, -0.15) is 0 Å². The maximum atomic E-state index is 9.14. The molecule has 1 saturated carbocycles. The average molecular weight is 205 g/mol. The molecule has 0 radical (unpaired) electrons. The van der Waals surface area contributed by atoms with Crippen LogP contribution in [0.2, 0.25) is 0 Å². The van der Waals surface area contributed by atoms with Gasteiger partial charge < -0.3 is 10.4 Å². The quantitative estimate of drug-likeness (QED) is 0.791. The summed E-state index contributed by atoms with van der Waals surface area (Å²) in [4.78, 5) is 0. The Morgan fingerprint density at radius 2 is 1.80 bits per heavy atom. The Kier molecular flexibility index (Phi) is 3.62. The summed E-state index contributed by atoms with van der Waals surface area (Å²) in [5.74, 6) is 0.350. The summed E-state index contributed by atoms with van der Waals surface area (Å²) in [7, 11) is 0. The van der Waals surface area contributed by atoms with Gasteiger partial charge in [-0.3, -0.25) is 0 Å². The molecular weight excluding hydrogens is 186 g/mol. The summed E-state index contributed by atoms with van der Waals surface area (Å²) in [5, 5.41) is 12.7. The monoisotopic (exact) mass is 205 g/mol. The first-order valence-corrected chi connectivity index (χ1v) is 5.86. The van der Waals surface area contributed by atoms with Crippen molar-refractivity contribution in [3.8, 4) is 5.75 Å². The van der Waals surface area contributed by atoms with Gasteiger partial charge in [-0.1, -0.05) is 25.0 Å². The van der Waals surface area contributed by atoms with E-state index in [1.807, 2.05) is 12.1 Å². The summed E-state index contributed by atoms with van der Waals surface area (Å²) in [6, 6.07) is 8.25. The van der Waals surface area contributed by atoms with Crippen molar-refractivity contribution >= 4 is 0 Å². The van der Waals surface area contributed by atoms with E-state index in [1.54, 1.807) is 12.1 Å². The largest absolute Gasteiger partial charge is 0.508 e. The first-order valence-electron chi connectivity index (χ1n) is 5.86. The number of phenols is 1. The molecule has 82 valence electrons. The zero-order chi connectivity index (χ0) is 10.5. The first kappa shape index (κ1) is 10.5. The summed E-state index contributed by atoms with van der Waals surface area (Å²) in [5.41, 5.74) is 1.29. The molecule has 1 aliphatic rings. The van der Waals surface area contributed by atoms with Crippen LogP contribution in [0.1, 0.15) is 31.2 Å². The van der Waals surface area contributed by atoms with Gasteiger partial charge in [-0.15, -0.1) is 0 Å². The Morgan fingerprint density at radius 1 is 1.13 bits per heavy atom. The van der Waals surface area contributed by atoms with E-state index in [4.69, 9.17) is 5.11 Å². The molecule has 0 saturated heterocycles. The molecule has 0 bridgehead atoms. The third-order valence-electron chi connectivity index (χ3n) is 3.14. The van der Waals surface area contributed by atoms with Crippen molar-refractivity contribution in [2.45, 2.75) is 38.1 Å². The lowest BCUT2D eigenvalue weighted by Crippen LogP contribution is -2.27. The molecule has 2 nitrogen and oxygen atoms in total. The highest BCUT2D eigenvalue weighted by Crippen LogP contribution is 2.17. The summed E-state index contributed by atoms with van der Waals surface area (Å²) < 4.78 is 0. The molecule has 0 heterocycles. The lowest BCUT2D eigenvalue weighted by atomic mass is 10.1. The second kappa shape index (κ2) is 5.17. The standard InChI is InChI=1S/C13H19NO/c15-13-7-5-11(6-8-13)9-10-14-12-3-1-2-4-12/h5-8,12,14-15H,1-4,9-10H2. The molecule has 0 aliphatic heterocycles. The van der Waals surface area contributed by atoms with Gasteiger partial charge in [0.25, 0.3) is 0 Å². The Labute approximate surface area is 91.3 Å². The van der Waals surface area contributed by atoms with Crippen LogP contribution in [0.3, 0.4) is 0 Å². The molecule has 0 atom stereocenters. The highest BCUT2D eigenvalue weighted by Gasteiger charge is 2.13. The fraction of sp³-hybridized carbons (Fsp3) is 0.538. The third kappa shape index (κ3) is 3.24. The van der Waals surface area contributed by atoms with E-state index in [0.717, 1.165) is 19.0 Å². The van der Waals surface area contributed by atoms with Crippen molar-refractivity contribution < 1.29 is 5.11 Å². The van der Waals surface area contributed by atoms with Gasteiger partial charge in [0, 0.05) is 6.04 Å². The highest BCUT2D eigenvalue weighted by molar-refractivity contribution is 5.25. The lowest BCUT2D eigenvalue weighted by molar-refractivity contribution is 0.475. The minimum atomic E-state index is 0.350. The van der Waals surface area contributed by atoms with E-state index in [1.165, 1.54) is 31.2 Å². The van der Waals surface area contributed by atoms with E-state index < -0.39 is 0 Å².